The Bertz CT molecular complexity index is 319. The van der Waals surface area contributed by atoms with Crippen LogP contribution in [0.3, 0.4) is 0 Å². The van der Waals surface area contributed by atoms with E-state index in [1.54, 1.807) is 0 Å². The van der Waals surface area contributed by atoms with Crippen molar-refractivity contribution in [2.45, 2.75) is 39.5 Å². The van der Waals surface area contributed by atoms with Gasteiger partial charge in [-0.25, -0.2) is 0 Å². The molecule has 0 bridgehead atoms. The van der Waals surface area contributed by atoms with Gasteiger partial charge in [0.25, 0.3) is 0 Å². The summed E-state index contributed by atoms with van der Waals surface area (Å²) in [4.78, 5) is 21.0. The number of hydrogen-bond acceptors (Lipinski definition) is 4. The molecule has 0 atom stereocenters. The lowest BCUT2D eigenvalue weighted by molar-refractivity contribution is -0.140. The highest BCUT2D eigenvalue weighted by Gasteiger charge is 1.87. The van der Waals surface area contributed by atoms with Crippen LogP contribution in [-0.2, 0) is 19.1 Å². The Morgan fingerprint density at radius 2 is 0.950 bits per heavy atom. The molecule has 0 rings (SSSR count). The topological polar surface area (TPSA) is 52.6 Å². The van der Waals surface area contributed by atoms with Gasteiger partial charge in [0.05, 0.1) is 0 Å². The number of carbonyl (C=O) groups is 2. The van der Waals surface area contributed by atoms with Crippen molar-refractivity contribution in [3.05, 3.63) is 36.5 Å². The predicted octanol–water partition coefficient (Wildman–Crippen LogP) is 3.34. The van der Waals surface area contributed by atoms with Gasteiger partial charge in [0.15, 0.2) is 0 Å². The zero-order valence-electron chi connectivity index (χ0n) is 12.3. The van der Waals surface area contributed by atoms with Crippen LogP contribution in [-0.4, -0.2) is 25.2 Å². The van der Waals surface area contributed by atoms with Gasteiger partial charge in [0.2, 0.25) is 0 Å². The Kier molecular flexibility index (Phi) is 12.3. The third-order valence-electron chi connectivity index (χ3n) is 2.27. The summed E-state index contributed by atoms with van der Waals surface area (Å²) >= 11 is 0. The molecule has 0 saturated heterocycles. The lowest BCUT2D eigenvalue weighted by Crippen LogP contribution is -1.97. The monoisotopic (exact) mass is 280 g/mol. The first-order valence-electron chi connectivity index (χ1n) is 6.84. The van der Waals surface area contributed by atoms with Crippen LogP contribution in [0.25, 0.3) is 0 Å². The van der Waals surface area contributed by atoms with Crippen molar-refractivity contribution < 1.29 is 19.1 Å². The molecule has 0 radical (unpaired) electrons. The van der Waals surface area contributed by atoms with E-state index in [2.05, 4.69) is 12.2 Å². The van der Waals surface area contributed by atoms with Crippen molar-refractivity contribution in [3.63, 3.8) is 0 Å². The summed E-state index contributed by atoms with van der Waals surface area (Å²) in [7, 11) is 0. The average Bonchev–Trinajstić information content (AvgIpc) is 2.38. The molecule has 0 aliphatic rings. The number of hydrogen-bond donors (Lipinski definition) is 0. The highest BCUT2D eigenvalue weighted by Crippen LogP contribution is 1.98. The molecule has 0 amide bonds. The van der Waals surface area contributed by atoms with Gasteiger partial charge < -0.3 is 9.47 Å². The quantitative estimate of drug-likeness (QED) is 0.350. The fourth-order valence-electron chi connectivity index (χ4n) is 1.32. The number of allylic oxidation sites excluding steroid dienone is 4. The zero-order valence-corrected chi connectivity index (χ0v) is 12.3. The zero-order chi connectivity index (χ0) is 15.1. The number of unbranched alkanes of at least 4 members (excludes halogenated alkanes) is 2. The number of carbonyl (C=O) groups excluding carboxylic acids is 2. The predicted molar refractivity (Wildman–Crippen MR) is 79.2 cm³/mol. The minimum absolute atomic E-state index is 0.253. The van der Waals surface area contributed by atoms with Gasteiger partial charge in [0, 0.05) is 13.8 Å². The SMILES string of the molecule is CC(=O)OC/C=C/CC/C=C\CC/C=C/COC(C)=O. The van der Waals surface area contributed by atoms with Crippen LogP contribution in [0.2, 0.25) is 0 Å². The van der Waals surface area contributed by atoms with Crippen LogP contribution < -0.4 is 0 Å². The lowest BCUT2D eigenvalue weighted by Gasteiger charge is -1.94. The maximum Gasteiger partial charge on any atom is 0.302 e. The van der Waals surface area contributed by atoms with Gasteiger partial charge in [-0.3, -0.25) is 9.59 Å². The maximum atomic E-state index is 10.5. The molecular weight excluding hydrogens is 256 g/mol. The summed E-state index contributed by atoms with van der Waals surface area (Å²) < 4.78 is 9.53. The largest absolute Gasteiger partial charge is 0.462 e. The first kappa shape index (κ1) is 18.2. The van der Waals surface area contributed by atoms with Gasteiger partial charge in [0.1, 0.15) is 13.2 Å². The summed E-state index contributed by atoms with van der Waals surface area (Å²) in [6.07, 6.45) is 15.8. The lowest BCUT2D eigenvalue weighted by atomic mass is 10.2. The van der Waals surface area contributed by atoms with Crippen LogP contribution in [0, 0.1) is 0 Å². The van der Waals surface area contributed by atoms with Crippen LogP contribution in [0.15, 0.2) is 36.5 Å². The molecule has 0 unspecified atom stereocenters. The molecule has 0 spiro atoms. The molecule has 0 aliphatic carbocycles. The van der Waals surface area contributed by atoms with Gasteiger partial charge in [-0.05, 0) is 25.7 Å². The second kappa shape index (κ2) is 13.6. The smallest absolute Gasteiger partial charge is 0.302 e. The van der Waals surface area contributed by atoms with Crippen LogP contribution in [0.1, 0.15) is 39.5 Å². The first-order valence-corrected chi connectivity index (χ1v) is 6.84. The summed E-state index contributed by atoms with van der Waals surface area (Å²) in [5.74, 6) is -0.507. The van der Waals surface area contributed by atoms with Crippen molar-refractivity contribution in [1.82, 2.24) is 0 Å². The molecule has 4 nitrogen and oxygen atoms in total. The van der Waals surface area contributed by atoms with Crippen molar-refractivity contribution in [1.29, 1.82) is 0 Å². The van der Waals surface area contributed by atoms with Crippen molar-refractivity contribution in [2.24, 2.45) is 0 Å². The molecule has 20 heavy (non-hydrogen) atoms. The van der Waals surface area contributed by atoms with E-state index in [9.17, 15) is 9.59 Å². The fourth-order valence-corrected chi connectivity index (χ4v) is 1.32. The minimum atomic E-state index is -0.253. The molecule has 0 fully saturated rings. The Morgan fingerprint density at radius 3 is 1.25 bits per heavy atom. The molecule has 0 aromatic heterocycles. The van der Waals surface area contributed by atoms with E-state index in [0.29, 0.717) is 13.2 Å². The standard InChI is InChI=1S/C16H24O4/c1-15(17)19-13-11-9-7-5-3-4-6-8-10-12-14-20-16(2)18/h3-4,9-12H,5-8,13-14H2,1-2H3/b4-3-,11-9+,12-10+. The third-order valence-corrected chi connectivity index (χ3v) is 2.27. The molecule has 0 heterocycles. The molecule has 112 valence electrons. The Hall–Kier alpha value is -1.84. The van der Waals surface area contributed by atoms with E-state index >= 15 is 0 Å². The third kappa shape index (κ3) is 16.2. The summed E-state index contributed by atoms with van der Waals surface area (Å²) in [6.45, 7) is 3.51. The Balaban J connectivity index is 3.35. The van der Waals surface area contributed by atoms with Crippen molar-refractivity contribution in [2.75, 3.05) is 13.2 Å². The molecule has 0 N–H and O–H groups in total. The molecule has 0 saturated carbocycles. The molecule has 0 aromatic carbocycles. The molecule has 0 aromatic rings. The Morgan fingerprint density at radius 1 is 0.650 bits per heavy atom. The number of esters is 2. The van der Waals surface area contributed by atoms with E-state index in [-0.39, 0.29) is 11.9 Å². The van der Waals surface area contributed by atoms with E-state index in [0.717, 1.165) is 25.7 Å². The van der Waals surface area contributed by atoms with E-state index in [4.69, 9.17) is 9.47 Å². The summed E-state index contributed by atoms with van der Waals surface area (Å²) in [5, 5.41) is 0. The number of ether oxygens (including phenoxy) is 2. The fraction of sp³-hybridized carbons (Fsp3) is 0.500. The maximum absolute atomic E-state index is 10.5. The van der Waals surface area contributed by atoms with Gasteiger partial charge in [-0.1, -0.05) is 36.5 Å². The first-order chi connectivity index (χ1) is 9.63. The normalized spacial score (nSPS) is 11.5. The highest BCUT2D eigenvalue weighted by molar-refractivity contribution is 5.66. The van der Waals surface area contributed by atoms with Crippen LogP contribution >= 0.6 is 0 Å². The van der Waals surface area contributed by atoms with Crippen molar-refractivity contribution in [3.8, 4) is 0 Å². The van der Waals surface area contributed by atoms with Gasteiger partial charge >= 0.3 is 11.9 Å². The highest BCUT2D eigenvalue weighted by atomic mass is 16.5. The average molecular weight is 280 g/mol. The van der Waals surface area contributed by atoms with E-state index in [1.165, 1.54) is 13.8 Å². The molecule has 0 aliphatic heterocycles. The molecule has 4 heteroatoms. The summed E-state index contributed by atoms with van der Waals surface area (Å²) in [5.41, 5.74) is 0. The Labute approximate surface area is 121 Å². The summed E-state index contributed by atoms with van der Waals surface area (Å²) in [6, 6.07) is 0. The van der Waals surface area contributed by atoms with Crippen LogP contribution in [0.5, 0.6) is 0 Å². The van der Waals surface area contributed by atoms with Crippen LogP contribution in [0.4, 0.5) is 0 Å². The van der Waals surface area contributed by atoms with E-state index in [1.807, 2.05) is 24.3 Å². The second-order valence-corrected chi connectivity index (χ2v) is 4.17. The van der Waals surface area contributed by atoms with Crippen molar-refractivity contribution >= 4 is 11.9 Å². The van der Waals surface area contributed by atoms with Gasteiger partial charge in [-0.2, -0.15) is 0 Å². The number of rotatable bonds is 10. The van der Waals surface area contributed by atoms with E-state index < -0.39 is 0 Å². The second-order valence-electron chi connectivity index (χ2n) is 4.17. The van der Waals surface area contributed by atoms with Gasteiger partial charge in [-0.15, -0.1) is 0 Å². The molecular formula is C16H24O4. The minimum Gasteiger partial charge on any atom is -0.462 e.